The van der Waals surface area contributed by atoms with Crippen LogP contribution in [0.25, 0.3) is 0 Å². The molecule has 0 aliphatic carbocycles. The molecule has 1 heterocycles. The molecule has 0 atom stereocenters. The molecule has 0 aromatic heterocycles. The minimum absolute atomic E-state index is 0.0358. The van der Waals surface area contributed by atoms with E-state index >= 15 is 0 Å². The van der Waals surface area contributed by atoms with Gasteiger partial charge in [-0.2, -0.15) is 0 Å². The van der Waals surface area contributed by atoms with E-state index in [9.17, 15) is 9.59 Å². The van der Waals surface area contributed by atoms with Gasteiger partial charge in [-0.3, -0.25) is 14.5 Å². The monoisotopic (exact) mass is 347 g/mol. The second-order valence-electron chi connectivity index (χ2n) is 6.52. The van der Waals surface area contributed by atoms with Gasteiger partial charge in [0, 0.05) is 51.8 Å². The van der Waals surface area contributed by atoms with Crippen molar-refractivity contribution in [2.24, 2.45) is 0 Å². The average molecular weight is 347 g/mol. The van der Waals surface area contributed by atoms with E-state index in [1.807, 2.05) is 32.0 Å². The summed E-state index contributed by atoms with van der Waals surface area (Å²) in [5, 5.41) is 2.90. The Morgan fingerprint density at radius 3 is 2.52 bits per heavy atom. The lowest BCUT2D eigenvalue weighted by Gasteiger charge is -2.29. The Morgan fingerprint density at radius 1 is 1.16 bits per heavy atom. The van der Waals surface area contributed by atoms with Crippen molar-refractivity contribution < 1.29 is 14.3 Å². The molecular weight excluding hydrogens is 318 g/mol. The number of morpholine rings is 1. The van der Waals surface area contributed by atoms with Gasteiger partial charge in [-0.05, 0) is 37.1 Å². The maximum atomic E-state index is 12.2. The molecule has 1 aliphatic heterocycles. The Morgan fingerprint density at radius 2 is 1.88 bits per heavy atom. The smallest absolute Gasteiger partial charge is 0.251 e. The molecule has 0 radical (unpaired) electrons. The SMILES string of the molecule is CC(=O)N(CCNC(=O)c1ccc(C)c(C)c1)CCN1CCOCC1. The van der Waals surface area contributed by atoms with E-state index in [2.05, 4.69) is 10.2 Å². The summed E-state index contributed by atoms with van der Waals surface area (Å²) in [5.74, 6) is -0.0616. The van der Waals surface area contributed by atoms with Gasteiger partial charge in [0.25, 0.3) is 5.91 Å². The number of nitrogens with one attached hydrogen (secondary N) is 1. The van der Waals surface area contributed by atoms with Crippen LogP contribution in [-0.4, -0.2) is 74.1 Å². The number of hydrogen-bond donors (Lipinski definition) is 1. The van der Waals surface area contributed by atoms with E-state index in [1.165, 1.54) is 5.56 Å². The zero-order chi connectivity index (χ0) is 18.2. The molecule has 2 rings (SSSR count). The molecular formula is C19H29N3O3. The van der Waals surface area contributed by atoms with Crippen molar-refractivity contribution in [3.05, 3.63) is 34.9 Å². The highest BCUT2D eigenvalue weighted by molar-refractivity contribution is 5.94. The van der Waals surface area contributed by atoms with Crippen molar-refractivity contribution in [2.45, 2.75) is 20.8 Å². The third-order valence-electron chi connectivity index (χ3n) is 4.67. The molecule has 0 bridgehead atoms. The first-order chi connectivity index (χ1) is 12.0. The molecule has 1 fully saturated rings. The van der Waals surface area contributed by atoms with Crippen LogP contribution < -0.4 is 5.32 Å². The van der Waals surface area contributed by atoms with Gasteiger partial charge < -0.3 is 15.0 Å². The summed E-state index contributed by atoms with van der Waals surface area (Å²) >= 11 is 0. The van der Waals surface area contributed by atoms with Gasteiger partial charge in [0.2, 0.25) is 5.91 Å². The van der Waals surface area contributed by atoms with Crippen LogP contribution in [0.1, 0.15) is 28.4 Å². The Balaban J connectivity index is 1.77. The number of carbonyl (C=O) groups is 2. The minimum atomic E-state index is -0.0974. The lowest BCUT2D eigenvalue weighted by atomic mass is 10.1. The number of aryl methyl sites for hydroxylation is 2. The largest absolute Gasteiger partial charge is 0.379 e. The van der Waals surface area contributed by atoms with Crippen LogP contribution >= 0.6 is 0 Å². The second-order valence-corrected chi connectivity index (χ2v) is 6.52. The van der Waals surface area contributed by atoms with Crippen LogP contribution in [0, 0.1) is 13.8 Å². The fraction of sp³-hybridized carbons (Fsp3) is 0.579. The number of benzene rings is 1. The van der Waals surface area contributed by atoms with Gasteiger partial charge in [0.05, 0.1) is 13.2 Å². The van der Waals surface area contributed by atoms with Gasteiger partial charge in [-0.25, -0.2) is 0 Å². The van der Waals surface area contributed by atoms with Crippen molar-refractivity contribution in [3.63, 3.8) is 0 Å². The highest BCUT2D eigenvalue weighted by Crippen LogP contribution is 2.09. The Labute approximate surface area is 150 Å². The summed E-state index contributed by atoms with van der Waals surface area (Å²) in [5.41, 5.74) is 2.93. The first-order valence-electron chi connectivity index (χ1n) is 8.88. The van der Waals surface area contributed by atoms with E-state index in [-0.39, 0.29) is 11.8 Å². The number of ether oxygens (including phenoxy) is 1. The minimum Gasteiger partial charge on any atom is -0.379 e. The summed E-state index contributed by atoms with van der Waals surface area (Å²) in [7, 11) is 0. The quantitative estimate of drug-likeness (QED) is 0.805. The summed E-state index contributed by atoms with van der Waals surface area (Å²) in [6.07, 6.45) is 0. The van der Waals surface area contributed by atoms with E-state index < -0.39 is 0 Å². The number of rotatable bonds is 7. The summed E-state index contributed by atoms with van der Waals surface area (Å²) in [4.78, 5) is 28.1. The van der Waals surface area contributed by atoms with Crippen molar-refractivity contribution >= 4 is 11.8 Å². The first-order valence-corrected chi connectivity index (χ1v) is 8.88. The molecule has 1 saturated heterocycles. The molecule has 6 nitrogen and oxygen atoms in total. The lowest BCUT2D eigenvalue weighted by molar-refractivity contribution is -0.129. The highest BCUT2D eigenvalue weighted by Gasteiger charge is 2.14. The topological polar surface area (TPSA) is 61.9 Å². The van der Waals surface area contributed by atoms with Crippen LogP contribution in [0.5, 0.6) is 0 Å². The van der Waals surface area contributed by atoms with Gasteiger partial charge in [0.15, 0.2) is 0 Å². The highest BCUT2D eigenvalue weighted by atomic mass is 16.5. The molecule has 6 heteroatoms. The first kappa shape index (κ1) is 19.4. The number of amides is 2. The normalized spacial score (nSPS) is 15.0. The van der Waals surface area contributed by atoms with Gasteiger partial charge in [-0.1, -0.05) is 6.07 Å². The maximum absolute atomic E-state index is 12.2. The number of nitrogens with zero attached hydrogens (tertiary/aromatic N) is 2. The van der Waals surface area contributed by atoms with E-state index in [0.29, 0.717) is 25.2 Å². The Bertz CT molecular complexity index is 598. The second kappa shape index (κ2) is 9.53. The van der Waals surface area contributed by atoms with Gasteiger partial charge in [-0.15, -0.1) is 0 Å². The molecule has 1 N–H and O–H groups in total. The Hall–Kier alpha value is -1.92. The van der Waals surface area contributed by atoms with Crippen LogP contribution in [-0.2, 0) is 9.53 Å². The molecule has 2 amide bonds. The molecule has 25 heavy (non-hydrogen) atoms. The standard InChI is InChI=1S/C19H29N3O3/c1-15-4-5-18(14-16(15)2)19(24)20-6-7-22(17(3)23)9-8-21-10-12-25-13-11-21/h4-5,14H,6-13H2,1-3H3,(H,20,24). The number of carbonyl (C=O) groups excluding carboxylic acids is 2. The summed E-state index contributed by atoms with van der Waals surface area (Å²) < 4.78 is 5.33. The third-order valence-corrected chi connectivity index (χ3v) is 4.67. The molecule has 1 aromatic rings. The van der Waals surface area contributed by atoms with Gasteiger partial charge >= 0.3 is 0 Å². The van der Waals surface area contributed by atoms with Crippen LogP contribution in [0.2, 0.25) is 0 Å². The molecule has 0 spiro atoms. The molecule has 0 saturated carbocycles. The maximum Gasteiger partial charge on any atom is 0.251 e. The van der Waals surface area contributed by atoms with Gasteiger partial charge in [0.1, 0.15) is 0 Å². The van der Waals surface area contributed by atoms with Crippen LogP contribution in [0.3, 0.4) is 0 Å². The zero-order valence-corrected chi connectivity index (χ0v) is 15.5. The number of hydrogen-bond acceptors (Lipinski definition) is 4. The lowest BCUT2D eigenvalue weighted by Crippen LogP contribution is -2.44. The van der Waals surface area contributed by atoms with E-state index in [1.54, 1.807) is 11.8 Å². The molecule has 138 valence electrons. The van der Waals surface area contributed by atoms with Crippen molar-refractivity contribution in [3.8, 4) is 0 Å². The summed E-state index contributed by atoms with van der Waals surface area (Å²) in [6, 6.07) is 5.68. The van der Waals surface area contributed by atoms with Crippen molar-refractivity contribution in [2.75, 3.05) is 52.5 Å². The third kappa shape index (κ3) is 6.14. The van der Waals surface area contributed by atoms with Crippen LogP contribution in [0.15, 0.2) is 18.2 Å². The van der Waals surface area contributed by atoms with Crippen LogP contribution in [0.4, 0.5) is 0 Å². The fourth-order valence-corrected chi connectivity index (χ4v) is 2.80. The van der Waals surface area contributed by atoms with Crippen molar-refractivity contribution in [1.82, 2.24) is 15.1 Å². The predicted molar refractivity (Wildman–Crippen MR) is 97.8 cm³/mol. The van der Waals surface area contributed by atoms with E-state index in [0.717, 1.165) is 38.4 Å². The predicted octanol–water partition coefficient (Wildman–Crippen LogP) is 1.21. The van der Waals surface area contributed by atoms with Crippen molar-refractivity contribution in [1.29, 1.82) is 0 Å². The molecule has 1 aliphatic rings. The Kier molecular flexibility index (Phi) is 7.40. The average Bonchev–Trinajstić information content (AvgIpc) is 2.60. The molecule has 1 aromatic carbocycles. The zero-order valence-electron chi connectivity index (χ0n) is 15.5. The summed E-state index contributed by atoms with van der Waals surface area (Å²) in [6.45, 7) is 11.4. The fourth-order valence-electron chi connectivity index (χ4n) is 2.80. The molecule has 0 unspecified atom stereocenters. The van der Waals surface area contributed by atoms with E-state index in [4.69, 9.17) is 4.74 Å².